The van der Waals surface area contributed by atoms with E-state index >= 15 is 0 Å². The van der Waals surface area contributed by atoms with Gasteiger partial charge in [-0.3, -0.25) is 4.79 Å². The molecule has 2 aromatic carbocycles. The third-order valence-electron chi connectivity index (χ3n) is 3.96. The molecule has 1 N–H and O–H groups in total. The quantitative estimate of drug-likeness (QED) is 0.786. The summed E-state index contributed by atoms with van der Waals surface area (Å²) in [6, 6.07) is 19.0. The molecule has 5 nitrogen and oxygen atoms in total. The Hall–Kier alpha value is -2.18. The molecule has 2 rings (SSSR count). The third-order valence-corrected chi connectivity index (χ3v) is 5.21. The lowest BCUT2D eigenvalue weighted by Crippen LogP contribution is -2.41. The molecule has 25 heavy (non-hydrogen) atoms. The molecule has 0 aromatic heterocycles. The number of carbonyl (C=O) groups is 1. The molecular formula is C19H24N2O3S. The molecule has 0 spiro atoms. The highest BCUT2D eigenvalue weighted by atomic mass is 32.2. The van der Waals surface area contributed by atoms with E-state index in [1.165, 1.54) is 4.31 Å². The summed E-state index contributed by atoms with van der Waals surface area (Å²) in [5.74, 6) is -0.310. The second kappa shape index (κ2) is 8.78. The normalized spacial score (nSPS) is 12.8. The zero-order chi connectivity index (χ0) is 18.3. The zero-order valence-electron chi connectivity index (χ0n) is 14.6. The first kappa shape index (κ1) is 19.1. The van der Waals surface area contributed by atoms with Crippen LogP contribution in [-0.4, -0.2) is 38.0 Å². The Morgan fingerprint density at radius 3 is 2.16 bits per heavy atom. The number of rotatable bonds is 8. The van der Waals surface area contributed by atoms with Crippen molar-refractivity contribution in [3.63, 3.8) is 0 Å². The van der Waals surface area contributed by atoms with Crippen molar-refractivity contribution in [2.75, 3.05) is 19.3 Å². The molecule has 0 aliphatic carbocycles. The van der Waals surface area contributed by atoms with Gasteiger partial charge in [0.1, 0.15) is 0 Å². The van der Waals surface area contributed by atoms with Gasteiger partial charge in [0, 0.05) is 6.54 Å². The van der Waals surface area contributed by atoms with Gasteiger partial charge >= 0.3 is 0 Å². The van der Waals surface area contributed by atoms with Gasteiger partial charge in [0.15, 0.2) is 0 Å². The van der Waals surface area contributed by atoms with Crippen LogP contribution in [0, 0.1) is 0 Å². The van der Waals surface area contributed by atoms with Crippen LogP contribution < -0.4 is 5.32 Å². The fraction of sp³-hybridized carbons (Fsp3) is 0.316. The van der Waals surface area contributed by atoms with Crippen LogP contribution in [0.25, 0.3) is 0 Å². The Labute approximate surface area is 149 Å². The van der Waals surface area contributed by atoms with Crippen molar-refractivity contribution in [1.29, 1.82) is 0 Å². The lowest BCUT2D eigenvalue weighted by atomic mass is 10.1. The van der Waals surface area contributed by atoms with Crippen LogP contribution in [0.1, 0.15) is 24.1 Å². The number of amides is 1. The Balaban J connectivity index is 1.96. The van der Waals surface area contributed by atoms with E-state index in [0.717, 1.165) is 17.4 Å². The van der Waals surface area contributed by atoms with Gasteiger partial charge < -0.3 is 5.32 Å². The highest BCUT2D eigenvalue weighted by molar-refractivity contribution is 7.88. The van der Waals surface area contributed by atoms with Crippen LogP contribution >= 0.6 is 0 Å². The van der Waals surface area contributed by atoms with Gasteiger partial charge in [0.05, 0.1) is 18.8 Å². The Kier molecular flexibility index (Phi) is 6.73. The number of hydrogen-bond donors (Lipinski definition) is 1. The standard InChI is InChI=1S/C19H24N2O3S/c1-16(18-11-7-4-8-12-18)20-19(22)15-21(25(2,23)24)14-13-17-9-5-3-6-10-17/h3-12,16H,13-15H2,1-2H3,(H,20,22)/t16-/m0/s1. The van der Waals surface area contributed by atoms with E-state index in [0.29, 0.717) is 6.42 Å². The second-order valence-electron chi connectivity index (χ2n) is 6.03. The monoisotopic (exact) mass is 360 g/mol. The molecule has 1 amide bonds. The maximum Gasteiger partial charge on any atom is 0.235 e. The molecule has 0 saturated heterocycles. The van der Waals surface area contributed by atoms with E-state index in [1.807, 2.05) is 67.6 Å². The summed E-state index contributed by atoms with van der Waals surface area (Å²) in [6.45, 7) is 1.97. The van der Waals surface area contributed by atoms with Gasteiger partial charge in [0.25, 0.3) is 0 Å². The van der Waals surface area contributed by atoms with Crippen LogP contribution in [0.2, 0.25) is 0 Å². The maximum absolute atomic E-state index is 12.3. The number of benzene rings is 2. The number of hydrogen-bond acceptors (Lipinski definition) is 3. The van der Waals surface area contributed by atoms with Crippen LogP contribution in [0.5, 0.6) is 0 Å². The fourth-order valence-electron chi connectivity index (χ4n) is 2.53. The average Bonchev–Trinajstić information content (AvgIpc) is 2.59. The zero-order valence-corrected chi connectivity index (χ0v) is 15.4. The van der Waals surface area contributed by atoms with Gasteiger partial charge in [-0.05, 0) is 24.5 Å². The molecule has 0 bridgehead atoms. The first-order chi connectivity index (χ1) is 11.9. The highest BCUT2D eigenvalue weighted by Crippen LogP contribution is 2.11. The highest BCUT2D eigenvalue weighted by Gasteiger charge is 2.21. The Bertz CT molecular complexity index is 777. The van der Waals surface area contributed by atoms with E-state index in [9.17, 15) is 13.2 Å². The number of sulfonamides is 1. The fourth-order valence-corrected chi connectivity index (χ4v) is 3.31. The van der Waals surface area contributed by atoms with Gasteiger partial charge in [0.2, 0.25) is 15.9 Å². The SMILES string of the molecule is C[C@H](NC(=O)CN(CCc1ccccc1)S(C)(=O)=O)c1ccccc1. The molecule has 0 fully saturated rings. The first-order valence-electron chi connectivity index (χ1n) is 8.19. The number of carbonyl (C=O) groups excluding carboxylic acids is 1. The molecule has 1 atom stereocenters. The van der Waals surface area contributed by atoms with Gasteiger partial charge in [-0.15, -0.1) is 0 Å². The average molecular weight is 360 g/mol. The van der Waals surface area contributed by atoms with Crippen LogP contribution in [0.15, 0.2) is 60.7 Å². The van der Waals surface area contributed by atoms with Crippen molar-refractivity contribution in [2.24, 2.45) is 0 Å². The van der Waals surface area contributed by atoms with Crippen molar-refractivity contribution in [3.8, 4) is 0 Å². The predicted octanol–water partition coefficient (Wildman–Crippen LogP) is 2.37. The molecular weight excluding hydrogens is 336 g/mol. The summed E-state index contributed by atoms with van der Waals surface area (Å²) in [5, 5.41) is 2.85. The van der Waals surface area contributed by atoms with Crippen LogP contribution in [0.4, 0.5) is 0 Å². The molecule has 0 heterocycles. The lowest BCUT2D eigenvalue weighted by Gasteiger charge is -2.21. The minimum Gasteiger partial charge on any atom is -0.348 e. The molecule has 134 valence electrons. The molecule has 0 aliphatic rings. The Morgan fingerprint density at radius 2 is 1.60 bits per heavy atom. The summed E-state index contributed by atoms with van der Waals surface area (Å²) in [4.78, 5) is 12.3. The van der Waals surface area contributed by atoms with E-state index < -0.39 is 10.0 Å². The molecule has 6 heteroatoms. The largest absolute Gasteiger partial charge is 0.348 e. The Morgan fingerprint density at radius 1 is 1.04 bits per heavy atom. The predicted molar refractivity (Wildman–Crippen MR) is 99.6 cm³/mol. The van der Waals surface area contributed by atoms with Crippen molar-refractivity contribution < 1.29 is 13.2 Å². The summed E-state index contributed by atoms with van der Waals surface area (Å²) in [7, 11) is -3.46. The maximum atomic E-state index is 12.3. The number of nitrogens with zero attached hydrogens (tertiary/aromatic N) is 1. The first-order valence-corrected chi connectivity index (χ1v) is 10.0. The van der Waals surface area contributed by atoms with Gasteiger partial charge in [-0.2, -0.15) is 4.31 Å². The van der Waals surface area contributed by atoms with E-state index in [-0.39, 0.29) is 25.0 Å². The smallest absolute Gasteiger partial charge is 0.235 e. The van der Waals surface area contributed by atoms with Crippen molar-refractivity contribution >= 4 is 15.9 Å². The van der Waals surface area contributed by atoms with Gasteiger partial charge in [-0.25, -0.2) is 8.42 Å². The second-order valence-corrected chi connectivity index (χ2v) is 8.01. The number of nitrogens with one attached hydrogen (secondary N) is 1. The minimum absolute atomic E-state index is 0.177. The molecule has 0 radical (unpaired) electrons. The van der Waals surface area contributed by atoms with Crippen LogP contribution in [0.3, 0.4) is 0 Å². The summed E-state index contributed by atoms with van der Waals surface area (Å²) >= 11 is 0. The molecule has 0 aliphatic heterocycles. The van der Waals surface area contributed by atoms with Crippen LogP contribution in [-0.2, 0) is 21.2 Å². The van der Waals surface area contributed by atoms with Crippen molar-refractivity contribution in [3.05, 3.63) is 71.8 Å². The van der Waals surface area contributed by atoms with E-state index in [1.54, 1.807) is 0 Å². The molecule has 0 unspecified atom stereocenters. The molecule has 2 aromatic rings. The van der Waals surface area contributed by atoms with Crippen molar-refractivity contribution in [1.82, 2.24) is 9.62 Å². The molecule has 0 saturated carbocycles. The third kappa shape index (κ3) is 6.32. The van der Waals surface area contributed by atoms with E-state index in [2.05, 4.69) is 5.32 Å². The summed E-state index contributed by atoms with van der Waals surface area (Å²) in [6.07, 6.45) is 1.70. The minimum atomic E-state index is -3.46. The topological polar surface area (TPSA) is 66.5 Å². The lowest BCUT2D eigenvalue weighted by molar-refractivity contribution is -0.121. The van der Waals surface area contributed by atoms with Crippen molar-refractivity contribution in [2.45, 2.75) is 19.4 Å². The van der Waals surface area contributed by atoms with Gasteiger partial charge in [-0.1, -0.05) is 60.7 Å². The summed E-state index contributed by atoms with van der Waals surface area (Å²) < 4.78 is 25.2. The summed E-state index contributed by atoms with van der Waals surface area (Å²) in [5.41, 5.74) is 2.01. The van der Waals surface area contributed by atoms with E-state index in [4.69, 9.17) is 0 Å².